The molecular weight excluding hydrogens is 739 g/mol. The summed E-state index contributed by atoms with van der Waals surface area (Å²) in [6, 6.07) is 0.419. The Morgan fingerprint density at radius 2 is 1.51 bits per heavy atom. The van der Waals surface area contributed by atoms with Crippen LogP contribution in [0.25, 0.3) is 11.2 Å². The minimum atomic E-state index is -6.73. The molecule has 0 amide bonds. The molecule has 0 radical (unpaired) electrons. The van der Waals surface area contributed by atoms with Gasteiger partial charge in [0.1, 0.15) is 48.5 Å². The molecule has 3 aromatic heterocycles. The fourth-order valence-electron chi connectivity index (χ4n) is 4.84. The van der Waals surface area contributed by atoms with Gasteiger partial charge in [-0.15, -0.1) is 0 Å². The number of fused-ring (bicyclic) bond motifs is 1. The van der Waals surface area contributed by atoms with Crippen LogP contribution in [0.15, 0.2) is 35.8 Å². The lowest BCUT2D eigenvalue weighted by Crippen LogP contribution is -2.35. The highest BCUT2D eigenvalue weighted by Crippen LogP contribution is 2.74. The van der Waals surface area contributed by atoms with Gasteiger partial charge in [0, 0.05) is 17.8 Å². The molecule has 0 bridgehead atoms. The molecule has 5 rings (SSSR count). The summed E-state index contributed by atoms with van der Waals surface area (Å²) in [4.78, 5) is 53.9. The molecule has 3 aromatic rings. The highest BCUT2D eigenvalue weighted by atomic mass is 31.3. The van der Waals surface area contributed by atoms with Crippen molar-refractivity contribution in [3.63, 3.8) is 0 Å². The Balaban J connectivity index is 1.23. The molecule has 11 atom stereocenters. The highest BCUT2D eigenvalue weighted by Gasteiger charge is 2.58. The van der Waals surface area contributed by atoms with E-state index in [0.717, 1.165) is 17.2 Å². The third-order valence-corrected chi connectivity index (χ3v) is 12.1. The second-order valence-corrected chi connectivity index (χ2v) is 15.5. The zero-order valence-corrected chi connectivity index (χ0v) is 26.8. The first-order valence-corrected chi connectivity index (χ1v) is 18.0. The number of nitrogen functional groups attached to an aromatic ring is 1. The molecule has 5 heterocycles. The minimum Gasteiger partial charge on any atom is -0.394 e. The summed E-state index contributed by atoms with van der Waals surface area (Å²) in [6.07, 6.45) is -10.4. The molecule has 2 aliphatic rings. The maximum absolute atomic E-state index is 15.1. The summed E-state index contributed by atoms with van der Waals surface area (Å²) >= 11 is 0. The van der Waals surface area contributed by atoms with Crippen molar-refractivity contribution in [2.24, 2.45) is 0 Å². The van der Waals surface area contributed by atoms with Crippen LogP contribution < -0.4 is 11.3 Å². The van der Waals surface area contributed by atoms with Crippen molar-refractivity contribution in [2.75, 3.05) is 18.9 Å². The number of phosphoric acid groups is 2. The third kappa shape index (κ3) is 7.25. The number of alkyl halides is 2. The minimum absolute atomic E-state index is 0.0304. The van der Waals surface area contributed by atoms with Crippen LogP contribution >= 0.6 is 23.2 Å². The highest BCUT2D eigenvalue weighted by molar-refractivity contribution is 7.68. The number of phosphoric ester groups is 1. The summed E-state index contributed by atoms with van der Waals surface area (Å²) in [5.41, 5.74) is -2.26. The maximum Gasteiger partial charge on any atom is 0.488 e. The zero-order valence-electron chi connectivity index (χ0n) is 24.1. The van der Waals surface area contributed by atoms with Crippen molar-refractivity contribution in [2.45, 2.75) is 54.7 Å². The summed E-state index contributed by atoms with van der Waals surface area (Å²) in [7, 11) is -19.0. The molecular formula is C21H27F2N6O17P3. The number of aliphatic hydroxyl groups is 5. The molecule has 2 fully saturated rings. The third-order valence-electron chi connectivity index (χ3n) is 7.26. The van der Waals surface area contributed by atoms with Crippen LogP contribution in [0.3, 0.4) is 0 Å². The second kappa shape index (κ2) is 13.5. The van der Waals surface area contributed by atoms with Crippen LogP contribution in [0, 0.1) is 0 Å². The zero-order chi connectivity index (χ0) is 36.3. The second-order valence-electron chi connectivity index (χ2n) is 10.5. The molecule has 0 saturated carbocycles. The summed E-state index contributed by atoms with van der Waals surface area (Å²) in [6.45, 7) is -1.94. The molecule has 2 saturated heterocycles. The smallest absolute Gasteiger partial charge is 0.394 e. The number of aromatic nitrogens is 5. The molecule has 0 spiro atoms. The van der Waals surface area contributed by atoms with Gasteiger partial charge in [0.25, 0.3) is 5.56 Å². The van der Waals surface area contributed by atoms with Crippen molar-refractivity contribution >= 4 is 40.2 Å². The average molecular weight is 766 g/mol. The van der Waals surface area contributed by atoms with Crippen LogP contribution in [0.5, 0.6) is 0 Å². The van der Waals surface area contributed by atoms with E-state index in [1.807, 2.05) is 0 Å². The summed E-state index contributed by atoms with van der Waals surface area (Å²) < 4.78 is 91.6. The first-order chi connectivity index (χ1) is 22.7. The molecule has 49 heavy (non-hydrogen) atoms. The van der Waals surface area contributed by atoms with Gasteiger partial charge in [-0.3, -0.25) is 23.0 Å². The molecule has 2 aliphatic heterocycles. The van der Waals surface area contributed by atoms with Crippen LogP contribution in [0.4, 0.5) is 14.6 Å². The Morgan fingerprint density at radius 3 is 2.12 bits per heavy atom. The van der Waals surface area contributed by atoms with Crippen molar-refractivity contribution in [3.05, 3.63) is 46.9 Å². The van der Waals surface area contributed by atoms with Gasteiger partial charge in [-0.2, -0.15) is 13.1 Å². The first-order valence-electron chi connectivity index (χ1n) is 13.4. The average Bonchev–Trinajstić information content (AvgIpc) is 3.65. The van der Waals surface area contributed by atoms with Crippen molar-refractivity contribution in [1.82, 2.24) is 24.1 Å². The van der Waals surface area contributed by atoms with Gasteiger partial charge in [0.05, 0.1) is 19.5 Å². The van der Waals surface area contributed by atoms with E-state index in [2.05, 4.69) is 28.1 Å². The lowest BCUT2D eigenvalue weighted by atomic mass is 10.1. The van der Waals surface area contributed by atoms with E-state index in [4.69, 9.17) is 15.2 Å². The number of ether oxygens (including phenoxy) is 2. The normalized spacial score (nSPS) is 31.4. The fraction of sp³-hybridized carbons (Fsp3) is 0.524. The predicted octanol–water partition coefficient (Wildman–Crippen LogP) is -2.01. The quantitative estimate of drug-likeness (QED) is 0.0899. The van der Waals surface area contributed by atoms with Crippen LogP contribution in [-0.4, -0.2) is 114 Å². The van der Waals surface area contributed by atoms with Crippen molar-refractivity contribution in [3.8, 4) is 0 Å². The summed E-state index contributed by atoms with van der Waals surface area (Å²) in [5.74, 6) is -0.0304. The lowest BCUT2D eigenvalue weighted by molar-refractivity contribution is -0.0545. The largest absolute Gasteiger partial charge is 0.488 e. The van der Waals surface area contributed by atoms with Crippen molar-refractivity contribution in [1.29, 1.82) is 0 Å². The molecule has 28 heteroatoms. The van der Waals surface area contributed by atoms with Crippen LogP contribution in [0.2, 0.25) is 0 Å². The van der Waals surface area contributed by atoms with E-state index in [1.165, 1.54) is 0 Å². The van der Waals surface area contributed by atoms with Gasteiger partial charge in [0.2, 0.25) is 0 Å². The van der Waals surface area contributed by atoms with Gasteiger partial charge >= 0.3 is 28.9 Å². The molecule has 3 unspecified atom stereocenters. The van der Waals surface area contributed by atoms with E-state index in [9.17, 15) is 58.7 Å². The number of anilines is 1. The van der Waals surface area contributed by atoms with E-state index in [-0.39, 0.29) is 23.0 Å². The Kier molecular flexibility index (Phi) is 10.3. The number of aliphatic hydroxyl groups excluding tert-OH is 5. The lowest BCUT2D eigenvalue weighted by Gasteiger charge is -2.25. The molecule has 23 nitrogen and oxygen atoms in total. The number of rotatable bonds is 12. The van der Waals surface area contributed by atoms with Crippen LogP contribution in [-0.2, 0) is 42.0 Å². The predicted molar refractivity (Wildman–Crippen MR) is 151 cm³/mol. The number of halogens is 2. The molecule has 0 aromatic carbocycles. The van der Waals surface area contributed by atoms with Gasteiger partial charge in [-0.1, -0.05) is 0 Å². The Labute approximate surface area is 270 Å². The number of hydrogen-bond acceptors (Lipinski definition) is 18. The number of nitrogens with zero attached hydrogens (tertiary/aromatic N) is 5. The molecule has 0 aliphatic carbocycles. The van der Waals surface area contributed by atoms with Gasteiger partial charge in [0.15, 0.2) is 23.9 Å². The number of pyridine rings is 1. The summed E-state index contributed by atoms with van der Waals surface area (Å²) in [5, 5.41) is 49.9. The SMILES string of the molecule is Nc1ncnc2c1ncn2[C@@H]1O[C@H](COP(=O)(O)OP(=O)(O)OP(=O)(O)C(F)(F)c2ccn([C@@H]3O[C@H](CO)[C@@H](O)[C@H]3O)c(=O)c2)[C@@H](O)[C@H]1O. The van der Waals surface area contributed by atoms with E-state index >= 15 is 8.78 Å². The number of imidazole rings is 1. The van der Waals surface area contributed by atoms with Gasteiger partial charge in [-0.25, -0.2) is 28.4 Å². The maximum atomic E-state index is 15.1. The van der Waals surface area contributed by atoms with E-state index < -0.39 is 102 Å². The van der Waals surface area contributed by atoms with Gasteiger partial charge < -0.3 is 55.4 Å². The molecule has 10 N–H and O–H groups in total. The van der Waals surface area contributed by atoms with E-state index in [0.29, 0.717) is 16.8 Å². The van der Waals surface area contributed by atoms with Crippen LogP contribution in [0.1, 0.15) is 18.0 Å². The first kappa shape index (κ1) is 37.6. The van der Waals surface area contributed by atoms with Gasteiger partial charge in [-0.05, 0) is 6.07 Å². The fourth-order valence-corrected chi connectivity index (χ4v) is 8.79. The Hall–Kier alpha value is -2.67. The standard InChI is InChI=1S/C21H27F2N6O17P3/c22-21(23,8-1-2-28(11(31)3-8)19-15(34)13(32)9(4-30)43-19)47(36,37)45-49(40,41)46-48(38,39)42-5-10-14(33)16(35)20(44-10)29-7-27-12-17(24)25-6-26-18(12)29/h1-3,6-7,9-10,13-16,19-20,30,32-35H,4-5H2,(H,36,37)(H,38,39)(H,40,41)(H2,24,25,26)/t9-,10-,13-,14-,15-,16-,19-,20-/m1/s1. The number of hydrogen-bond donors (Lipinski definition) is 9. The Bertz CT molecular complexity index is 1920. The van der Waals surface area contributed by atoms with Crippen molar-refractivity contribution < 1.29 is 85.3 Å². The molecule has 272 valence electrons. The van der Waals surface area contributed by atoms with E-state index in [1.54, 1.807) is 0 Å². The number of nitrogens with two attached hydrogens (primary N) is 1. The Morgan fingerprint density at radius 1 is 0.898 bits per heavy atom. The topological polar surface area (TPSA) is 351 Å². The monoisotopic (exact) mass is 766 g/mol.